The van der Waals surface area contributed by atoms with E-state index in [0.29, 0.717) is 31.9 Å². The Labute approximate surface area is 115 Å². The minimum Gasteiger partial charge on any atom is -0.486 e. The van der Waals surface area contributed by atoms with Crippen molar-refractivity contribution in [1.29, 1.82) is 5.26 Å². The van der Waals surface area contributed by atoms with E-state index in [-0.39, 0.29) is 5.91 Å². The van der Waals surface area contributed by atoms with Gasteiger partial charge in [0.05, 0.1) is 18.2 Å². The van der Waals surface area contributed by atoms with E-state index in [1.807, 2.05) is 24.3 Å². The number of rotatable bonds is 5. The lowest BCUT2D eigenvalue weighted by Gasteiger charge is -2.18. The van der Waals surface area contributed by atoms with E-state index < -0.39 is 0 Å². The number of nitriles is 1. The number of ether oxygens (including phenoxy) is 2. The Morgan fingerprint density at radius 2 is 2.16 bits per heavy atom. The molecule has 1 heterocycles. The fourth-order valence-electron chi connectivity index (χ4n) is 1.57. The summed E-state index contributed by atoms with van der Waals surface area (Å²) in [6.07, 6.45) is 0.334. The zero-order chi connectivity index (χ0) is 13.5. The third-order valence-electron chi connectivity index (χ3n) is 2.44. The topological polar surface area (TPSA) is 71.4 Å². The molecule has 2 rings (SSSR count). The number of hydrogen-bond donors (Lipinski definition) is 1. The first-order chi connectivity index (χ1) is 9.29. The summed E-state index contributed by atoms with van der Waals surface area (Å²) < 4.78 is 10.9. The van der Waals surface area contributed by atoms with Gasteiger partial charge < -0.3 is 14.8 Å². The minimum atomic E-state index is -0.0739. The Morgan fingerprint density at radius 1 is 1.37 bits per heavy atom. The van der Waals surface area contributed by atoms with Crippen LogP contribution in [0, 0.1) is 11.3 Å². The number of benzene rings is 1. The first kappa shape index (κ1) is 13.6. The SMILES string of the molecule is N#CCCNC(=O)CSc1ccc2c(c1)OCCO2. The number of nitrogens with zero attached hydrogens (tertiary/aromatic N) is 1. The van der Waals surface area contributed by atoms with Gasteiger partial charge in [0, 0.05) is 11.4 Å². The highest BCUT2D eigenvalue weighted by atomic mass is 32.2. The van der Waals surface area contributed by atoms with Crippen LogP contribution in [-0.2, 0) is 4.79 Å². The fourth-order valence-corrected chi connectivity index (χ4v) is 2.33. The Balaban J connectivity index is 1.83. The monoisotopic (exact) mass is 278 g/mol. The summed E-state index contributed by atoms with van der Waals surface area (Å²) in [7, 11) is 0. The van der Waals surface area contributed by atoms with Crippen molar-refractivity contribution in [3.05, 3.63) is 18.2 Å². The summed E-state index contributed by atoms with van der Waals surface area (Å²) in [5, 5.41) is 11.0. The van der Waals surface area contributed by atoms with Gasteiger partial charge in [-0.15, -0.1) is 11.8 Å². The molecule has 0 radical (unpaired) electrons. The molecular formula is C13H14N2O3S. The molecule has 19 heavy (non-hydrogen) atoms. The number of nitrogens with one attached hydrogen (secondary N) is 1. The first-order valence-corrected chi connectivity index (χ1v) is 6.94. The predicted octanol–water partition coefficient (Wildman–Crippen LogP) is 1.58. The largest absolute Gasteiger partial charge is 0.486 e. The van der Waals surface area contributed by atoms with Crippen molar-refractivity contribution in [3.8, 4) is 17.6 Å². The van der Waals surface area contributed by atoms with Crippen molar-refractivity contribution in [3.63, 3.8) is 0 Å². The fraction of sp³-hybridized carbons (Fsp3) is 0.385. The molecular weight excluding hydrogens is 264 g/mol. The van der Waals surface area contributed by atoms with Crippen LogP contribution in [0.2, 0.25) is 0 Å². The molecule has 0 unspecified atom stereocenters. The second kappa shape index (κ2) is 6.90. The van der Waals surface area contributed by atoms with Crippen molar-refractivity contribution < 1.29 is 14.3 Å². The zero-order valence-electron chi connectivity index (χ0n) is 10.3. The lowest BCUT2D eigenvalue weighted by Crippen LogP contribution is -2.25. The standard InChI is InChI=1S/C13H14N2O3S/c14-4-1-5-15-13(16)9-19-10-2-3-11-12(8-10)18-7-6-17-11/h2-3,8H,1,5-7,9H2,(H,15,16). The van der Waals surface area contributed by atoms with Crippen LogP contribution in [0.5, 0.6) is 11.5 Å². The molecule has 0 atom stereocenters. The lowest BCUT2D eigenvalue weighted by atomic mass is 10.3. The van der Waals surface area contributed by atoms with Crippen LogP contribution >= 0.6 is 11.8 Å². The van der Waals surface area contributed by atoms with E-state index in [0.717, 1.165) is 16.4 Å². The number of fused-ring (bicyclic) bond motifs is 1. The molecule has 100 valence electrons. The maximum absolute atomic E-state index is 11.5. The predicted molar refractivity (Wildman–Crippen MR) is 71.4 cm³/mol. The van der Waals surface area contributed by atoms with E-state index in [1.54, 1.807) is 0 Å². The lowest BCUT2D eigenvalue weighted by molar-refractivity contribution is -0.118. The van der Waals surface area contributed by atoms with Gasteiger partial charge in [0.1, 0.15) is 13.2 Å². The van der Waals surface area contributed by atoms with Gasteiger partial charge in [-0.1, -0.05) is 0 Å². The highest BCUT2D eigenvalue weighted by Crippen LogP contribution is 2.33. The molecule has 0 bridgehead atoms. The van der Waals surface area contributed by atoms with Crippen LogP contribution in [0.15, 0.2) is 23.1 Å². The Kier molecular flexibility index (Phi) is 4.93. The van der Waals surface area contributed by atoms with E-state index in [9.17, 15) is 4.79 Å². The molecule has 5 nitrogen and oxygen atoms in total. The highest BCUT2D eigenvalue weighted by Gasteiger charge is 2.12. The van der Waals surface area contributed by atoms with Crippen molar-refractivity contribution in [1.82, 2.24) is 5.32 Å². The summed E-state index contributed by atoms with van der Waals surface area (Å²) >= 11 is 1.43. The quantitative estimate of drug-likeness (QED) is 0.654. The summed E-state index contributed by atoms with van der Waals surface area (Å²) in [4.78, 5) is 12.4. The minimum absolute atomic E-state index is 0.0739. The van der Waals surface area contributed by atoms with Gasteiger partial charge in [0.2, 0.25) is 5.91 Å². The highest BCUT2D eigenvalue weighted by molar-refractivity contribution is 8.00. The molecule has 1 aromatic rings. The summed E-state index contributed by atoms with van der Waals surface area (Å²) in [6.45, 7) is 1.52. The molecule has 1 aliphatic rings. The number of carbonyl (C=O) groups is 1. The molecule has 0 aliphatic carbocycles. The maximum atomic E-state index is 11.5. The van der Waals surface area contributed by atoms with Crippen LogP contribution in [0.4, 0.5) is 0 Å². The molecule has 0 saturated carbocycles. The Morgan fingerprint density at radius 3 is 2.95 bits per heavy atom. The van der Waals surface area contributed by atoms with E-state index in [2.05, 4.69) is 5.32 Å². The third kappa shape index (κ3) is 4.07. The molecule has 0 spiro atoms. The molecule has 1 aromatic carbocycles. The van der Waals surface area contributed by atoms with Gasteiger partial charge in [-0.25, -0.2) is 0 Å². The number of amides is 1. The van der Waals surface area contributed by atoms with Crippen molar-refractivity contribution in [2.24, 2.45) is 0 Å². The van der Waals surface area contributed by atoms with Crippen LogP contribution in [-0.4, -0.2) is 31.4 Å². The first-order valence-electron chi connectivity index (χ1n) is 5.95. The normalized spacial score (nSPS) is 12.6. The van der Waals surface area contributed by atoms with E-state index in [4.69, 9.17) is 14.7 Å². The number of hydrogen-bond acceptors (Lipinski definition) is 5. The van der Waals surface area contributed by atoms with Crippen molar-refractivity contribution in [2.75, 3.05) is 25.5 Å². The van der Waals surface area contributed by atoms with Gasteiger partial charge in [0.15, 0.2) is 11.5 Å². The smallest absolute Gasteiger partial charge is 0.230 e. The molecule has 1 amide bonds. The Bertz CT molecular complexity index is 499. The van der Waals surface area contributed by atoms with Crippen LogP contribution in [0.1, 0.15) is 6.42 Å². The number of carbonyl (C=O) groups excluding carboxylic acids is 1. The second-order valence-corrected chi connectivity index (χ2v) is 4.90. The van der Waals surface area contributed by atoms with Gasteiger partial charge in [-0.05, 0) is 18.2 Å². The van der Waals surface area contributed by atoms with Gasteiger partial charge in [-0.3, -0.25) is 4.79 Å². The average molecular weight is 278 g/mol. The molecule has 1 N–H and O–H groups in total. The average Bonchev–Trinajstić information content (AvgIpc) is 2.45. The van der Waals surface area contributed by atoms with Crippen LogP contribution < -0.4 is 14.8 Å². The molecule has 1 aliphatic heterocycles. The molecule has 0 aromatic heterocycles. The summed E-state index contributed by atoms with van der Waals surface area (Å²) in [5.74, 6) is 1.72. The molecule has 0 fully saturated rings. The van der Waals surface area contributed by atoms with Gasteiger partial charge in [-0.2, -0.15) is 5.26 Å². The van der Waals surface area contributed by atoms with Gasteiger partial charge in [0.25, 0.3) is 0 Å². The third-order valence-corrected chi connectivity index (χ3v) is 3.44. The van der Waals surface area contributed by atoms with E-state index >= 15 is 0 Å². The van der Waals surface area contributed by atoms with Gasteiger partial charge >= 0.3 is 0 Å². The maximum Gasteiger partial charge on any atom is 0.230 e. The number of thioether (sulfide) groups is 1. The summed E-state index contributed by atoms with van der Waals surface area (Å²) in [5.41, 5.74) is 0. The summed E-state index contributed by atoms with van der Waals surface area (Å²) in [6, 6.07) is 7.61. The zero-order valence-corrected chi connectivity index (χ0v) is 11.2. The van der Waals surface area contributed by atoms with Crippen LogP contribution in [0.3, 0.4) is 0 Å². The molecule has 6 heteroatoms. The molecule has 0 saturated heterocycles. The second-order valence-electron chi connectivity index (χ2n) is 3.85. The van der Waals surface area contributed by atoms with E-state index in [1.165, 1.54) is 11.8 Å². The van der Waals surface area contributed by atoms with Crippen molar-refractivity contribution >= 4 is 17.7 Å². The van der Waals surface area contributed by atoms with Crippen molar-refractivity contribution in [2.45, 2.75) is 11.3 Å². The Hall–Kier alpha value is -1.87. The van der Waals surface area contributed by atoms with Crippen LogP contribution in [0.25, 0.3) is 0 Å².